The first kappa shape index (κ1) is 16.4. The van der Waals surface area contributed by atoms with Crippen LogP contribution in [0.3, 0.4) is 0 Å². The van der Waals surface area contributed by atoms with Gasteiger partial charge in [-0.15, -0.1) is 0 Å². The Morgan fingerprint density at radius 3 is 2.48 bits per heavy atom. The van der Waals surface area contributed by atoms with E-state index in [0.717, 1.165) is 0 Å². The number of aliphatic hydroxyl groups is 1. The number of nitrogens with zero attached hydrogens (tertiary/aromatic N) is 1. The van der Waals surface area contributed by atoms with E-state index in [0.29, 0.717) is 37.1 Å². The quantitative estimate of drug-likeness (QED) is 0.814. The smallest absolute Gasteiger partial charge is 0.243 e. The van der Waals surface area contributed by atoms with Gasteiger partial charge < -0.3 is 10.8 Å². The van der Waals surface area contributed by atoms with E-state index in [4.69, 9.17) is 18.0 Å². The molecule has 0 amide bonds. The molecule has 0 atom stereocenters. The van der Waals surface area contributed by atoms with E-state index in [1.54, 1.807) is 26.0 Å². The SMILES string of the molecule is Cc1ccc(C(N)=S)cc1S(=O)(=O)N1CCC(C)(O)CC1. The van der Waals surface area contributed by atoms with Gasteiger partial charge in [0, 0.05) is 18.7 Å². The van der Waals surface area contributed by atoms with Crippen molar-refractivity contribution in [2.45, 2.75) is 37.2 Å². The molecule has 1 fully saturated rings. The first-order valence-electron chi connectivity index (χ1n) is 6.76. The highest BCUT2D eigenvalue weighted by Gasteiger charge is 2.34. The molecule has 1 aromatic carbocycles. The molecule has 0 bridgehead atoms. The van der Waals surface area contributed by atoms with Crippen LogP contribution in [0.15, 0.2) is 23.1 Å². The predicted octanol–water partition coefficient (Wildman–Crippen LogP) is 1.16. The fraction of sp³-hybridized carbons (Fsp3) is 0.500. The van der Waals surface area contributed by atoms with Crippen LogP contribution in [0.25, 0.3) is 0 Å². The number of thiocarbonyl (C=S) groups is 1. The maximum Gasteiger partial charge on any atom is 0.243 e. The van der Waals surface area contributed by atoms with Crippen LogP contribution >= 0.6 is 12.2 Å². The Hall–Kier alpha value is -1.02. The van der Waals surface area contributed by atoms with Crippen molar-refractivity contribution < 1.29 is 13.5 Å². The van der Waals surface area contributed by atoms with E-state index in [1.807, 2.05) is 0 Å². The largest absolute Gasteiger partial charge is 0.390 e. The van der Waals surface area contributed by atoms with Crippen LogP contribution in [0.1, 0.15) is 30.9 Å². The van der Waals surface area contributed by atoms with Crippen molar-refractivity contribution in [3.8, 4) is 0 Å². The van der Waals surface area contributed by atoms with Crippen LogP contribution in [0.2, 0.25) is 0 Å². The topological polar surface area (TPSA) is 83.6 Å². The highest BCUT2D eigenvalue weighted by Crippen LogP contribution is 2.28. The van der Waals surface area contributed by atoms with E-state index in [9.17, 15) is 13.5 Å². The number of piperidine rings is 1. The lowest BCUT2D eigenvalue weighted by Crippen LogP contribution is -2.45. The Morgan fingerprint density at radius 1 is 1.38 bits per heavy atom. The second kappa shape index (κ2) is 5.64. The molecular weight excluding hydrogens is 308 g/mol. The van der Waals surface area contributed by atoms with Crippen molar-refractivity contribution in [1.82, 2.24) is 4.31 Å². The van der Waals surface area contributed by atoms with Crippen LogP contribution in [0.5, 0.6) is 0 Å². The van der Waals surface area contributed by atoms with Crippen LogP contribution < -0.4 is 5.73 Å². The third kappa shape index (κ3) is 3.42. The fourth-order valence-corrected chi connectivity index (χ4v) is 4.20. The molecule has 116 valence electrons. The third-order valence-corrected chi connectivity index (χ3v) is 6.17. The van der Waals surface area contributed by atoms with Crippen molar-refractivity contribution in [1.29, 1.82) is 0 Å². The van der Waals surface area contributed by atoms with Crippen LogP contribution in [0, 0.1) is 6.92 Å². The number of rotatable bonds is 3. The monoisotopic (exact) mass is 328 g/mol. The maximum atomic E-state index is 12.8. The summed E-state index contributed by atoms with van der Waals surface area (Å²) in [6, 6.07) is 4.96. The maximum absolute atomic E-state index is 12.8. The average Bonchev–Trinajstić information content (AvgIpc) is 2.38. The normalized spacial score (nSPS) is 19.4. The van der Waals surface area contributed by atoms with Crippen molar-refractivity contribution in [2.24, 2.45) is 5.73 Å². The van der Waals surface area contributed by atoms with Crippen LogP contribution in [-0.4, -0.2) is 41.5 Å². The average molecular weight is 328 g/mol. The Bertz CT molecular complexity index is 659. The Morgan fingerprint density at radius 2 is 1.95 bits per heavy atom. The highest BCUT2D eigenvalue weighted by atomic mass is 32.2. The molecule has 1 heterocycles. The summed E-state index contributed by atoms with van der Waals surface area (Å²) >= 11 is 4.91. The second-order valence-electron chi connectivity index (χ2n) is 5.75. The van der Waals surface area contributed by atoms with Gasteiger partial charge in [0.05, 0.1) is 10.5 Å². The van der Waals surface area contributed by atoms with E-state index in [-0.39, 0.29) is 9.88 Å². The number of hydrogen-bond donors (Lipinski definition) is 2. The Labute approximate surface area is 130 Å². The standard InChI is InChI=1S/C14H20N2O3S2/c1-10-3-4-11(13(15)20)9-12(10)21(18,19)16-7-5-14(2,17)6-8-16/h3-4,9,17H,5-8H2,1-2H3,(H2,15,20). The van der Waals surface area contributed by atoms with Gasteiger partial charge in [0.15, 0.2) is 0 Å². The van der Waals surface area contributed by atoms with Crippen molar-refractivity contribution in [2.75, 3.05) is 13.1 Å². The molecule has 1 saturated heterocycles. The fourth-order valence-electron chi connectivity index (χ4n) is 2.38. The minimum absolute atomic E-state index is 0.174. The summed E-state index contributed by atoms with van der Waals surface area (Å²) in [5.74, 6) is 0. The first-order chi connectivity index (χ1) is 9.63. The van der Waals surface area contributed by atoms with Gasteiger partial charge in [-0.2, -0.15) is 4.31 Å². The van der Waals surface area contributed by atoms with Crippen LogP contribution in [0.4, 0.5) is 0 Å². The molecule has 1 aliphatic rings. The second-order valence-corrected chi connectivity index (χ2v) is 8.09. The molecule has 0 spiro atoms. The molecule has 0 saturated carbocycles. The number of sulfonamides is 1. The summed E-state index contributed by atoms with van der Waals surface area (Å²) in [6.45, 7) is 4.10. The summed E-state index contributed by atoms with van der Waals surface area (Å²) in [6.07, 6.45) is 0.862. The molecule has 0 aromatic heterocycles. The van der Waals surface area contributed by atoms with E-state index in [1.165, 1.54) is 10.4 Å². The minimum atomic E-state index is -3.59. The van der Waals surface area contributed by atoms with Gasteiger partial charge in [0.1, 0.15) is 4.99 Å². The molecule has 5 nitrogen and oxygen atoms in total. The van der Waals surface area contributed by atoms with E-state index in [2.05, 4.69) is 0 Å². The summed E-state index contributed by atoms with van der Waals surface area (Å²) in [4.78, 5) is 0.405. The molecule has 7 heteroatoms. The van der Waals surface area contributed by atoms with Gasteiger partial charge in [-0.25, -0.2) is 8.42 Å². The van der Waals surface area contributed by atoms with Gasteiger partial charge in [0.2, 0.25) is 10.0 Å². The lowest BCUT2D eigenvalue weighted by molar-refractivity contribution is 0.0126. The molecule has 1 aliphatic heterocycles. The lowest BCUT2D eigenvalue weighted by Gasteiger charge is -2.35. The number of aryl methyl sites for hydroxylation is 1. The van der Waals surface area contributed by atoms with Crippen molar-refractivity contribution in [3.63, 3.8) is 0 Å². The minimum Gasteiger partial charge on any atom is -0.390 e. The van der Waals surface area contributed by atoms with Gasteiger partial charge in [-0.1, -0.05) is 24.4 Å². The number of hydrogen-bond acceptors (Lipinski definition) is 4. The molecule has 1 aromatic rings. The zero-order chi connectivity index (χ0) is 15.8. The zero-order valence-electron chi connectivity index (χ0n) is 12.2. The first-order valence-corrected chi connectivity index (χ1v) is 8.61. The van der Waals surface area contributed by atoms with E-state index < -0.39 is 15.6 Å². The summed E-state index contributed by atoms with van der Waals surface area (Å²) in [5, 5.41) is 9.94. The highest BCUT2D eigenvalue weighted by molar-refractivity contribution is 7.89. The molecular formula is C14H20N2O3S2. The molecule has 0 aliphatic carbocycles. The van der Waals surface area contributed by atoms with Gasteiger partial charge in [0.25, 0.3) is 0 Å². The molecule has 3 N–H and O–H groups in total. The third-order valence-electron chi connectivity index (χ3n) is 3.89. The number of benzene rings is 1. The summed E-state index contributed by atoms with van der Waals surface area (Å²) < 4.78 is 26.9. The van der Waals surface area contributed by atoms with Gasteiger partial charge >= 0.3 is 0 Å². The molecule has 0 radical (unpaired) electrons. The predicted molar refractivity (Wildman–Crippen MR) is 85.7 cm³/mol. The van der Waals surface area contributed by atoms with E-state index >= 15 is 0 Å². The number of nitrogens with two attached hydrogens (primary N) is 1. The lowest BCUT2D eigenvalue weighted by atomic mass is 9.95. The molecule has 21 heavy (non-hydrogen) atoms. The van der Waals surface area contributed by atoms with Gasteiger partial charge in [-0.05, 0) is 38.3 Å². The molecule has 0 unspecified atom stereocenters. The zero-order valence-corrected chi connectivity index (χ0v) is 13.8. The van der Waals surface area contributed by atoms with Crippen molar-refractivity contribution in [3.05, 3.63) is 29.3 Å². The summed E-state index contributed by atoms with van der Waals surface area (Å²) in [5.41, 5.74) is 5.99. The summed E-state index contributed by atoms with van der Waals surface area (Å²) in [7, 11) is -3.59. The van der Waals surface area contributed by atoms with Crippen LogP contribution in [-0.2, 0) is 10.0 Å². The Kier molecular flexibility index (Phi) is 4.39. The molecule has 2 rings (SSSR count). The Balaban J connectivity index is 2.36. The van der Waals surface area contributed by atoms with Crippen molar-refractivity contribution >= 4 is 27.2 Å². The van der Waals surface area contributed by atoms with Gasteiger partial charge in [-0.3, -0.25) is 0 Å².